The topological polar surface area (TPSA) is 61.8 Å². The van der Waals surface area contributed by atoms with Crippen LogP contribution in [-0.2, 0) is 10.9 Å². The summed E-state index contributed by atoms with van der Waals surface area (Å²) in [6.07, 6.45) is -5.67. The normalized spacial score (nSPS) is 10.8. The summed E-state index contributed by atoms with van der Waals surface area (Å²) in [7, 11) is 1.11. The molecule has 24 heavy (non-hydrogen) atoms. The van der Waals surface area contributed by atoms with Crippen molar-refractivity contribution < 1.29 is 37.0 Å². The van der Waals surface area contributed by atoms with Gasteiger partial charge in [-0.15, -0.1) is 0 Å². The predicted octanol–water partition coefficient (Wildman–Crippen LogP) is 4.07. The van der Waals surface area contributed by atoms with Crippen LogP contribution in [0.1, 0.15) is 15.9 Å². The highest BCUT2D eigenvalue weighted by atomic mass is 19.4. The molecule has 2 aromatic carbocycles. The van der Waals surface area contributed by atoms with Crippen LogP contribution in [0.25, 0.3) is 0 Å². The Hall–Kier alpha value is -3.03. The molecule has 2 aromatic rings. The zero-order chi connectivity index (χ0) is 17.7. The monoisotopic (exact) mass is 340 g/mol. The third-order valence-electron chi connectivity index (χ3n) is 2.84. The van der Waals surface area contributed by atoms with Crippen molar-refractivity contribution >= 4 is 12.1 Å². The van der Waals surface area contributed by atoms with E-state index >= 15 is 0 Å². The zero-order valence-corrected chi connectivity index (χ0v) is 12.3. The first-order valence-electron chi connectivity index (χ1n) is 6.55. The maximum absolute atomic E-state index is 12.9. The minimum absolute atomic E-state index is 0.0104. The summed E-state index contributed by atoms with van der Waals surface area (Å²) in [5.74, 6) is -1.26. The van der Waals surface area contributed by atoms with Gasteiger partial charge in [0.2, 0.25) is 0 Å². The van der Waals surface area contributed by atoms with Crippen molar-refractivity contribution in [3.63, 3.8) is 0 Å². The minimum atomic E-state index is -4.69. The van der Waals surface area contributed by atoms with E-state index in [1.165, 1.54) is 36.4 Å². The molecule has 0 amide bonds. The van der Waals surface area contributed by atoms with Crippen LogP contribution >= 0.6 is 0 Å². The van der Waals surface area contributed by atoms with Crippen LogP contribution in [0.2, 0.25) is 0 Å². The molecule has 0 saturated heterocycles. The van der Waals surface area contributed by atoms with Crippen LogP contribution in [0.15, 0.2) is 48.5 Å². The number of esters is 1. The molecule has 0 aliphatic rings. The highest BCUT2D eigenvalue weighted by Gasteiger charge is 2.35. The molecule has 0 bridgehead atoms. The smallest absolute Gasteiger partial charge is 0.437 e. The van der Waals surface area contributed by atoms with E-state index in [-0.39, 0.29) is 11.5 Å². The molecule has 126 valence electrons. The Balaban J connectivity index is 2.22. The number of hydrogen-bond donors (Lipinski definition) is 0. The molecule has 0 unspecified atom stereocenters. The average Bonchev–Trinajstić information content (AvgIpc) is 2.54. The van der Waals surface area contributed by atoms with Crippen LogP contribution < -0.4 is 9.47 Å². The van der Waals surface area contributed by atoms with Gasteiger partial charge in [0.15, 0.2) is 0 Å². The van der Waals surface area contributed by atoms with Gasteiger partial charge in [-0.1, -0.05) is 18.2 Å². The first kappa shape index (κ1) is 17.3. The van der Waals surface area contributed by atoms with Gasteiger partial charge in [-0.05, 0) is 24.3 Å². The lowest BCUT2D eigenvalue weighted by molar-refractivity contribution is -0.138. The Labute approximate surface area is 134 Å². The van der Waals surface area contributed by atoms with Crippen molar-refractivity contribution in [2.75, 3.05) is 7.11 Å². The quantitative estimate of drug-likeness (QED) is 0.479. The fraction of sp³-hybridized carbons (Fsp3) is 0.125. The van der Waals surface area contributed by atoms with E-state index in [1.54, 1.807) is 0 Å². The summed E-state index contributed by atoms with van der Waals surface area (Å²) in [6.45, 7) is 0. The number of ether oxygens (including phenoxy) is 3. The summed E-state index contributed by atoms with van der Waals surface area (Å²) in [6, 6.07) is 9.55. The van der Waals surface area contributed by atoms with E-state index in [0.717, 1.165) is 19.2 Å². The number of hydrogen-bond acceptors (Lipinski definition) is 5. The molecule has 8 heteroatoms. The first-order chi connectivity index (χ1) is 11.3. The molecular formula is C16H11F3O5. The molecular weight excluding hydrogens is 329 g/mol. The van der Waals surface area contributed by atoms with Gasteiger partial charge in [-0.25, -0.2) is 9.59 Å². The number of rotatable bonds is 3. The number of methoxy groups -OCH3 is 1. The highest BCUT2D eigenvalue weighted by molar-refractivity contribution is 5.92. The molecule has 5 nitrogen and oxygen atoms in total. The SMILES string of the molecule is COC(=O)Oc1cccc(OC(=O)c2ccccc2C(F)(F)F)c1. The van der Waals surface area contributed by atoms with Crippen LogP contribution in [0.3, 0.4) is 0 Å². The van der Waals surface area contributed by atoms with Crippen LogP contribution in [0.4, 0.5) is 18.0 Å². The summed E-state index contributed by atoms with van der Waals surface area (Å²) in [5, 5.41) is 0. The zero-order valence-electron chi connectivity index (χ0n) is 12.3. The Morgan fingerprint density at radius 3 is 2.17 bits per heavy atom. The molecule has 0 saturated carbocycles. The van der Waals surface area contributed by atoms with Crippen LogP contribution in [0.5, 0.6) is 11.5 Å². The van der Waals surface area contributed by atoms with Crippen LogP contribution in [0, 0.1) is 0 Å². The third kappa shape index (κ3) is 4.25. The number of halogens is 3. The van der Waals surface area contributed by atoms with E-state index in [2.05, 4.69) is 4.74 Å². The van der Waals surface area contributed by atoms with Crippen molar-refractivity contribution in [3.05, 3.63) is 59.7 Å². The number of alkyl halides is 3. The third-order valence-corrected chi connectivity index (χ3v) is 2.84. The lowest BCUT2D eigenvalue weighted by Crippen LogP contribution is -2.17. The fourth-order valence-corrected chi connectivity index (χ4v) is 1.81. The molecule has 0 aromatic heterocycles. The van der Waals surface area contributed by atoms with E-state index in [4.69, 9.17) is 9.47 Å². The maximum Gasteiger partial charge on any atom is 0.513 e. The number of carbonyl (C=O) groups excluding carboxylic acids is 2. The lowest BCUT2D eigenvalue weighted by atomic mass is 10.1. The summed E-state index contributed by atoms with van der Waals surface area (Å²) < 4.78 is 52.7. The van der Waals surface area contributed by atoms with Gasteiger partial charge in [0.1, 0.15) is 11.5 Å². The van der Waals surface area contributed by atoms with E-state index in [9.17, 15) is 22.8 Å². The minimum Gasteiger partial charge on any atom is -0.437 e. The number of benzene rings is 2. The Morgan fingerprint density at radius 2 is 1.54 bits per heavy atom. The second-order valence-electron chi connectivity index (χ2n) is 4.46. The van der Waals surface area contributed by atoms with Crippen molar-refractivity contribution in [2.45, 2.75) is 6.18 Å². The van der Waals surface area contributed by atoms with Gasteiger partial charge in [0, 0.05) is 6.07 Å². The van der Waals surface area contributed by atoms with Crippen molar-refractivity contribution in [1.29, 1.82) is 0 Å². The predicted molar refractivity (Wildman–Crippen MR) is 75.9 cm³/mol. The molecule has 2 rings (SSSR count). The number of carbonyl (C=O) groups is 2. The molecule has 0 aliphatic heterocycles. The van der Waals surface area contributed by atoms with E-state index in [1.807, 2.05) is 0 Å². The van der Waals surface area contributed by atoms with E-state index in [0.29, 0.717) is 0 Å². The van der Waals surface area contributed by atoms with Crippen molar-refractivity contribution in [1.82, 2.24) is 0 Å². The maximum atomic E-state index is 12.9. The highest BCUT2D eigenvalue weighted by Crippen LogP contribution is 2.32. The van der Waals surface area contributed by atoms with Crippen LogP contribution in [-0.4, -0.2) is 19.2 Å². The molecule has 0 fully saturated rings. The molecule has 0 atom stereocenters. The van der Waals surface area contributed by atoms with Gasteiger partial charge in [-0.2, -0.15) is 13.2 Å². The molecule has 0 aliphatic carbocycles. The molecule has 0 heterocycles. The Kier molecular flexibility index (Phi) is 5.08. The van der Waals surface area contributed by atoms with Gasteiger partial charge >= 0.3 is 18.3 Å². The van der Waals surface area contributed by atoms with Gasteiger partial charge in [0.05, 0.1) is 18.2 Å². The van der Waals surface area contributed by atoms with Gasteiger partial charge < -0.3 is 14.2 Å². The van der Waals surface area contributed by atoms with Gasteiger partial charge in [0.25, 0.3) is 0 Å². The van der Waals surface area contributed by atoms with Crippen molar-refractivity contribution in [2.24, 2.45) is 0 Å². The van der Waals surface area contributed by atoms with Gasteiger partial charge in [-0.3, -0.25) is 0 Å². The first-order valence-corrected chi connectivity index (χ1v) is 6.55. The Morgan fingerprint density at radius 1 is 0.917 bits per heavy atom. The average molecular weight is 340 g/mol. The second-order valence-corrected chi connectivity index (χ2v) is 4.46. The second kappa shape index (κ2) is 7.03. The summed E-state index contributed by atoms with van der Waals surface area (Å²) in [4.78, 5) is 23.0. The standard InChI is InChI=1S/C16H11F3O5/c1-22-15(21)24-11-6-4-5-10(9-11)23-14(20)12-7-2-3-8-13(12)16(17,18)19/h2-9H,1H3. The largest absolute Gasteiger partial charge is 0.513 e. The lowest BCUT2D eigenvalue weighted by Gasteiger charge is -2.12. The Bertz CT molecular complexity index is 755. The fourth-order valence-electron chi connectivity index (χ4n) is 1.81. The van der Waals surface area contributed by atoms with Crippen molar-refractivity contribution in [3.8, 4) is 11.5 Å². The molecule has 0 N–H and O–H groups in total. The summed E-state index contributed by atoms with van der Waals surface area (Å²) >= 11 is 0. The van der Waals surface area contributed by atoms with E-state index < -0.39 is 29.4 Å². The molecule has 0 spiro atoms. The summed E-state index contributed by atoms with van der Waals surface area (Å²) in [5.41, 5.74) is -1.72. The molecule has 0 radical (unpaired) electrons.